The lowest BCUT2D eigenvalue weighted by molar-refractivity contribution is 0.0860. The first-order valence-corrected chi connectivity index (χ1v) is 6.91. The van der Waals surface area contributed by atoms with Crippen molar-refractivity contribution in [3.63, 3.8) is 0 Å². The van der Waals surface area contributed by atoms with Gasteiger partial charge in [0.25, 0.3) is 0 Å². The van der Waals surface area contributed by atoms with Gasteiger partial charge in [0.1, 0.15) is 0 Å². The molecule has 0 radical (unpaired) electrons. The molecule has 3 unspecified atom stereocenters. The molecular formula is C15H24N2O. The number of hydrogen-bond donors (Lipinski definition) is 2. The van der Waals surface area contributed by atoms with E-state index in [9.17, 15) is 5.11 Å². The number of anilines is 1. The van der Waals surface area contributed by atoms with Crippen LogP contribution in [-0.2, 0) is 0 Å². The first-order chi connectivity index (χ1) is 8.61. The van der Waals surface area contributed by atoms with Crippen LogP contribution in [0, 0.1) is 0 Å². The Kier molecular flexibility index (Phi) is 4.25. The average Bonchev–Trinajstić information content (AvgIpc) is 2.70. The normalized spacial score (nSPS) is 26.4. The predicted octanol–water partition coefficient (Wildman–Crippen LogP) is 2.57. The van der Waals surface area contributed by atoms with Crippen LogP contribution in [0.3, 0.4) is 0 Å². The van der Waals surface area contributed by atoms with Gasteiger partial charge in [0.05, 0.1) is 6.10 Å². The van der Waals surface area contributed by atoms with Crippen LogP contribution in [0.4, 0.5) is 5.69 Å². The van der Waals surface area contributed by atoms with Gasteiger partial charge in [-0.25, -0.2) is 0 Å². The molecule has 0 aromatic heterocycles. The molecule has 100 valence electrons. The molecule has 0 bridgehead atoms. The molecule has 3 heteroatoms. The first-order valence-electron chi connectivity index (χ1n) is 6.91. The number of nitrogens with two attached hydrogens (primary N) is 1. The summed E-state index contributed by atoms with van der Waals surface area (Å²) in [5.41, 5.74) is 7.40. The molecule has 1 saturated heterocycles. The number of aliphatic hydroxyl groups excluding tert-OH is 1. The predicted molar refractivity (Wildman–Crippen MR) is 75.3 cm³/mol. The van der Waals surface area contributed by atoms with E-state index in [2.05, 4.69) is 18.7 Å². The lowest BCUT2D eigenvalue weighted by Gasteiger charge is -2.30. The van der Waals surface area contributed by atoms with Crippen molar-refractivity contribution in [3.05, 3.63) is 29.8 Å². The molecule has 1 fully saturated rings. The Morgan fingerprint density at radius 2 is 2.22 bits per heavy atom. The van der Waals surface area contributed by atoms with Crippen molar-refractivity contribution in [3.8, 4) is 0 Å². The minimum Gasteiger partial charge on any atom is -0.399 e. The van der Waals surface area contributed by atoms with Crippen LogP contribution in [-0.4, -0.2) is 28.6 Å². The molecule has 0 amide bonds. The quantitative estimate of drug-likeness (QED) is 0.805. The maximum absolute atomic E-state index is 10.3. The van der Waals surface area contributed by atoms with E-state index < -0.39 is 6.10 Å². The van der Waals surface area contributed by atoms with Crippen molar-refractivity contribution < 1.29 is 5.11 Å². The summed E-state index contributed by atoms with van der Waals surface area (Å²) in [7, 11) is 0. The number of likely N-dealkylation sites (tertiary alicyclic amines) is 1. The number of benzene rings is 1. The van der Waals surface area contributed by atoms with Gasteiger partial charge in [-0.15, -0.1) is 0 Å². The minimum absolute atomic E-state index is 0.442. The van der Waals surface area contributed by atoms with E-state index in [4.69, 9.17) is 5.73 Å². The average molecular weight is 248 g/mol. The molecule has 0 aliphatic carbocycles. The maximum atomic E-state index is 10.3. The van der Waals surface area contributed by atoms with Crippen LogP contribution in [0.2, 0.25) is 0 Å². The van der Waals surface area contributed by atoms with Crippen LogP contribution in [0.1, 0.15) is 44.8 Å². The van der Waals surface area contributed by atoms with Gasteiger partial charge in [0.2, 0.25) is 0 Å². The summed E-state index contributed by atoms with van der Waals surface area (Å²) in [4.78, 5) is 2.44. The molecule has 1 aliphatic heterocycles. The highest BCUT2D eigenvalue weighted by Crippen LogP contribution is 2.28. The number of nitrogen functional groups attached to an aromatic ring is 1. The van der Waals surface area contributed by atoms with E-state index in [1.165, 1.54) is 12.8 Å². The summed E-state index contributed by atoms with van der Waals surface area (Å²) in [6.07, 6.45) is 3.21. The third kappa shape index (κ3) is 2.85. The molecule has 0 saturated carbocycles. The second-order valence-corrected chi connectivity index (χ2v) is 5.37. The molecule has 0 spiro atoms. The fourth-order valence-electron chi connectivity index (χ4n) is 2.96. The number of hydrogen-bond acceptors (Lipinski definition) is 3. The van der Waals surface area contributed by atoms with Gasteiger partial charge >= 0.3 is 0 Å². The molecule has 18 heavy (non-hydrogen) atoms. The van der Waals surface area contributed by atoms with E-state index in [1.807, 2.05) is 24.3 Å². The van der Waals surface area contributed by atoms with Gasteiger partial charge < -0.3 is 10.8 Å². The summed E-state index contributed by atoms with van der Waals surface area (Å²) >= 11 is 0. The molecule has 1 aliphatic rings. The van der Waals surface area contributed by atoms with Crippen molar-refractivity contribution >= 4 is 5.69 Å². The zero-order valence-electron chi connectivity index (χ0n) is 11.3. The van der Waals surface area contributed by atoms with Crippen molar-refractivity contribution in [2.75, 3.05) is 12.3 Å². The Labute approximate surface area is 110 Å². The number of β-amino-alcohol motifs (C(OH)–C–C–N with tert-alkyl or cyclic N) is 1. The zero-order chi connectivity index (χ0) is 13.1. The van der Waals surface area contributed by atoms with Crippen molar-refractivity contribution in [1.29, 1.82) is 0 Å². The topological polar surface area (TPSA) is 49.5 Å². The molecule has 1 aromatic carbocycles. The smallest absolute Gasteiger partial charge is 0.0917 e. The largest absolute Gasteiger partial charge is 0.399 e. The van der Waals surface area contributed by atoms with Crippen LogP contribution in [0.5, 0.6) is 0 Å². The van der Waals surface area contributed by atoms with Crippen molar-refractivity contribution in [2.45, 2.75) is 51.3 Å². The second-order valence-electron chi connectivity index (χ2n) is 5.37. The van der Waals surface area contributed by atoms with E-state index in [0.29, 0.717) is 24.3 Å². The zero-order valence-corrected chi connectivity index (χ0v) is 11.3. The molecule has 3 N–H and O–H groups in total. The highest BCUT2D eigenvalue weighted by molar-refractivity contribution is 5.41. The molecular weight excluding hydrogens is 224 g/mol. The molecule has 3 atom stereocenters. The van der Waals surface area contributed by atoms with Crippen LogP contribution < -0.4 is 5.73 Å². The highest BCUT2D eigenvalue weighted by Gasteiger charge is 2.30. The summed E-state index contributed by atoms with van der Waals surface area (Å²) in [6.45, 7) is 5.19. The lowest BCUT2D eigenvalue weighted by Crippen LogP contribution is -2.37. The second kappa shape index (κ2) is 5.72. The van der Waals surface area contributed by atoms with Gasteiger partial charge in [-0.2, -0.15) is 0 Å². The Balaban J connectivity index is 2.04. The van der Waals surface area contributed by atoms with Crippen LogP contribution >= 0.6 is 0 Å². The first kappa shape index (κ1) is 13.4. The molecule has 1 aromatic rings. The Morgan fingerprint density at radius 1 is 1.44 bits per heavy atom. The summed E-state index contributed by atoms with van der Waals surface area (Å²) in [5, 5.41) is 10.3. The fraction of sp³-hybridized carbons (Fsp3) is 0.600. The monoisotopic (exact) mass is 248 g/mol. The summed E-state index contributed by atoms with van der Waals surface area (Å²) in [6, 6.07) is 8.76. The van der Waals surface area contributed by atoms with Crippen LogP contribution in [0.25, 0.3) is 0 Å². The lowest BCUT2D eigenvalue weighted by atomic mass is 10.1. The summed E-state index contributed by atoms with van der Waals surface area (Å²) in [5.74, 6) is 0. The Morgan fingerprint density at radius 3 is 2.89 bits per heavy atom. The van der Waals surface area contributed by atoms with Gasteiger partial charge in [0.15, 0.2) is 0 Å². The van der Waals surface area contributed by atoms with Crippen molar-refractivity contribution in [1.82, 2.24) is 4.90 Å². The van der Waals surface area contributed by atoms with E-state index in [1.54, 1.807) is 0 Å². The Hall–Kier alpha value is -1.06. The number of rotatable bonds is 4. The van der Waals surface area contributed by atoms with E-state index >= 15 is 0 Å². The van der Waals surface area contributed by atoms with Crippen molar-refractivity contribution in [2.24, 2.45) is 0 Å². The van der Waals surface area contributed by atoms with Gasteiger partial charge in [-0.05, 0) is 43.9 Å². The highest BCUT2D eigenvalue weighted by atomic mass is 16.3. The number of aliphatic hydroxyl groups is 1. The Bertz CT molecular complexity index is 394. The minimum atomic E-state index is -0.442. The number of nitrogens with zero attached hydrogens (tertiary/aromatic N) is 1. The maximum Gasteiger partial charge on any atom is 0.0917 e. The van der Waals surface area contributed by atoms with Crippen LogP contribution in [0.15, 0.2) is 24.3 Å². The third-order valence-corrected chi connectivity index (χ3v) is 4.10. The standard InChI is InChI=1S/C15H24N2O/c1-3-14-8-7-11(2)17(14)10-15(18)12-5-4-6-13(16)9-12/h4-6,9,11,14-15,18H,3,7-8,10,16H2,1-2H3. The van der Waals surface area contributed by atoms with Gasteiger partial charge in [-0.1, -0.05) is 19.1 Å². The van der Waals surface area contributed by atoms with Gasteiger partial charge in [-0.3, -0.25) is 4.90 Å². The molecule has 2 rings (SSSR count). The van der Waals surface area contributed by atoms with E-state index in [0.717, 1.165) is 12.0 Å². The SMILES string of the molecule is CCC1CCC(C)N1CC(O)c1cccc(N)c1. The van der Waals surface area contributed by atoms with E-state index in [-0.39, 0.29) is 0 Å². The fourth-order valence-corrected chi connectivity index (χ4v) is 2.96. The molecule has 3 nitrogen and oxygen atoms in total. The molecule has 1 heterocycles. The van der Waals surface area contributed by atoms with Gasteiger partial charge in [0, 0.05) is 24.3 Å². The summed E-state index contributed by atoms with van der Waals surface area (Å²) < 4.78 is 0. The third-order valence-electron chi connectivity index (χ3n) is 4.10.